The lowest BCUT2D eigenvalue weighted by molar-refractivity contribution is 0.0726. The van der Waals surface area contributed by atoms with Crippen molar-refractivity contribution < 1.29 is 31.8 Å². The zero-order valence-corrected chi connectivity index (χ0v) is 21.0. The van der Waals surface area contributed by atoms with Gasteiger partial charge >= 0.3 is 5.97 Å². The van der Waals surface area contributed by atoms with Crippen LogP contribution in [0.1, 0.15) is 74.2 Å². The molecule has 0 amide bonds. The van der Waals surface area contributed by atoms with Gasteiger partial charge in [0.05, 0.1) is 12.2 Å². The van der Waals surface area contributed by atoms with Gasteiger partial charge in [0.25, 0.3) is 0 Å². The van der Waals surface area contributed by atoms with Gasteiger partial charge in [0.2, 0.25) is 11.6 Å². The fourth-order valence-electron chi connectivity index (χ4n) is 4.65. The number of carbonyl (C=O) groups excluding carboxylic acids is 1. The van der Waals surface area contributed by atoms with Crippen LogP contribution in [-0.4, -0.2) is 12.6 Å². The molecule has 196 valence electrons. The number of esters is 1. The average Bonchev–Trinajstić information content (AvgIpc) is 2.90. The molecule has 0 unspecified atom stereocenters. The fourth-order valence-corrected chi connectivity index (χ4v) is 4.65. The maximum atomic E-state index is 15.0. The third kappa shape index (κ3) is 5.97. The van der Waals surface area contributed by atoms with Crippen molar-refractivity contribution in [1.29, 1.82) is 0 Å². The lowest BCUT2D eigenvalue weighted by Crippen LogP contribution is -2.13. The molecule has 1 aliphatic carbocycles. The van der Waals surface area contributed by atoms with Crippen LogP contribution in [0.2, 0.25) is 0 Å². The van der Waals surface area contributed by atoms with Crippen LogP contribution in [0.25, 0.3) is 11.1 Å². The molecular weight excluding hydrogens is 484 g/mol. The molecule has 3 nitrogen and oxygen atoms in total. The Morgan fingerprint density at radius 2 is 1.46 bits per heavy atom. The molecule has 0 saturated heterocycles. The number of benzene rings is 3. The third-order valence-corrected chi connectivity index (χ3v) is 6.97. The maximum Gasteiger partial charge on any atom is 0.343 e. The Balaban J connectivity index is 1.47. The van der Waals surface area contributed by atoms with Gasteiger partial charge in [-0.05, 0) is 66.5 Å². The SMILES string of the molecule is CCCCOc1ccc(OC(=O)c2ccc(-c3ccc(C4CCC(C)CC4)c(F)c3F)cc2)c(F)c1F. The van der Waals surface area contributed by atoms with Gasteiger partial charge in [-0.3, -0.25) is 0 Å². The van der Waals surface area contributed by atoms with Gasteiger partial charge in [-0.15, -0.1) is 0 Å². The van der Waals surface area contributed by atoms with E-state index in [1.165, 1.54) is 30.3 Å². The third-order valence-electron chi connectivity index (χ3n) is 6.97. The molecule has 0 N–H and O–H groups in total. The summed E-state index contributed by atoms with van der Waals surface area (Å²) in [4.78, 5) is 12.5. The van der Waals surface area contributed by atoms with E-state index in [1.54, 1.807) is 12.1 Å². The highest BCUT2D eigenvalue weighted by atomic mass is 19.2. The smallest absolute Gasteiger partial charge is 0.343 e. The highest BCUT2D eigenvalue weighted by Gasteiger charge is 2.25. The van der Waals surface area contributed by atoms with E-state index in [0.717, 1.165) is 38.2 Å². The fraction of sp³-hybridized carbons (Fsp3) is 0.367. The second kappa shape index (κ2) is 11.8. The number of hydrogen-bond acceptors (Lipinski definition) is 3. The van der Waals surface area contributed by atoms with Crippen molar-refractivity contribution in [2.45, 2.75) is 58.3 Å². The van der Waals surface area contributed by atoms with E-state index in [1.807, 2.05) is 6.92 Å². The molecule has 3 aromatic carbocycles. The first kappa shape index (κ1) is 26.7. The minimum Gasteiger partial charge on any atom is -0.490 e. The standard InChI is InChI=1S/C30H30F4O3/c1-3-4-17-36-24-15-16-25(29(34)28(24)33)37-30(35)21-11-9-20(10-12-21)23-14-13-22(26(31)27(23)32)19-7-5-18(2)6-8-19/h9-16,18-19H,3-8,17H2,1-2H3. The largest absolute Gasteiger partial charge is 0.490 e. The predicted octanol–water partition coefficient (Wildman–Crippen LogP) is 8.60. The molecule has 0 radical (unpaired) electrons. The normalized spacial score (nSPS) is 17.5. The molecule has 0 heterocycles. The summed E-state index contributed by atoms with van der Waals surface area (Å²) < 4.78 is 68.8. The monoisotopic (exact) mass is 514 g/mol. The average molecular weight is 515 g/mol. The van der Waals surface area contributed by atoms with E-state index in [2.05, 4.69) is 6.92 Å². The van der Waals surface area contributed by atoms with Crippen LogP contribution >= 0.6 is 0 Å². The Morgan fingerprint density at radius 1 is 0.811 bits per heavy atom. The van der Waals surface area contributed by atoms with E-state index in [4.69, 9.17) is 9.47 Å². The lowest BCUT2D eigenvalue weighted by atomic mass is 9.79. The van der Waals surface area contributed by atoms with Crippen molar-refractivity contribution in [3.8, 4) is 22.6 Å². The minimum absolute atomic E-state index is 0.0131. The summed E-state index contributed by atoms with van der Waals surface area (Å²) in [6, 6.07) is 11.2. The molecule has 1 fully saturated rings. The number of rotatable bonds is 8. The van der Waals surface area contributed by atoms with Crippen molar-refractivity contribution in [2.75, 3.05) is 6.61 Å². The van der Waals surface area contributed by atoms with Gasteiger partial charge in [0.1, 0.15) is 0 Å². The highest BCUT2D eigenvalue weighted by Crippen LogP contribution is 2.38. The van der Waals surface area contributed by atoms with Gasteiger partial charge in [-0.2, -0.15) is 8.78 Å². The highest BCUT2D eigenvalue weighted by molar-refractivity contribution is 5.91. The van der Waals surface area contributed by atoms with Gasteiger partial charge in [0, 0.05) is 5.56 Å². The van der Waals surface area contributed by atoms with Crippen LogP contribution in [0.3, 0.4) is 0 Å². The number of ether oxygens (including phenoxy) is 2. The van der Waals surface area contributed by atoms with E-state index in [0.29, 0.717) is 23.5 Å². The summed E-state index contributed by atoms with van der Waals surface area (Å²) in [5, 5.41) is 0. The second-order valence-corrected chi connectivity index (χ2v) is 9.65. The topological polar surface area (TPSA) is 35.5 Å². The number of unbranched alkanes of at least 4 members (excludes halogenated alkanes) is 1. The van der Waals surface area contributed by atoms with E-state index in [9.17, 15) is 22.4 Å². The number of halogens is 4. The molecule has 0 aromatic heterocycles. The van der Waals surface area contributed by atoms with Crippen LogP contribution in [0.5, 0.6) is 11.5 Å². The Labute approximate surface area is 214 Å². The second-order valence-electron chi connectivity index (χ2n) is 9.65. The summed E-state index contributed by atoms with van der Waals surface area (Å²) in [6.45, 7) is 4.36. The lowest BCUT2D eigenvalue weighted by Gasteiger charge is -2.27. The van der Waals surface area contributed by atoms with Crippen LogP contribution in [-0.2, 0) is 0 Å². The molecule has 4 rings (SSSR count). The first-order valence-electron chi connectivity index (χ1n) is 12.7. The quantitative estimate of drug-likeness (QED) is 0.131. The molecule has 0 spiro atoms. The van der Waals surface area contributed by atoms with Crippen LogP contribution in [0.15, 0.2) is 48.5 Å². The zero-order valence-electron chi connectivity index (χ0n) is 21.0. The van der Waals surface area contributed by atoms with Crippen LogP contribution in [0, 0.1) is 29.2 Å². The molecule has 37 heavy (non-hydrogen) atoms. The molecule has 0 bridgehead atoms. The summed E-state index contributed by atoms with van der Waals surface area (Å²) >= 11 is 0. The summed E-state index contributed by atoms with van der Waals surface area (Å²) in [5.41, 5.74) is 0.907. The molecular formula is C30H30F4O3. The van der Waals surface area contributed by atoms with Crippen molar-refractivity contribution >= 4 is 5.97 Å². The predicted molar refractivity (Wildman–Crippen MR) is 134 cm³/mol. The Morgan fingerprint density at radius 3 is 2.14 bits per heavy atom. The van der Waals surface area contributed by atoms with E-state index >= 15 is 0 Å². The maximum absolute atomic E-state index is 15.0. The van der Waals surface area contributed by atoms with Crippen LogP contribution in [0.4, 0.5) is 17.6 Å². The first-order chi connectivity index (χ1) is 17.8. The molecule has 7 heteroatoms. The summed E-state index contributed by atoms with van der Waals surface area (Å²) in [7, 11) is 0. The van der Waals surface area contributed by atoms with Gasteiger partial charge in [-0.1, -0.05) is 57.4 Å². The van der Waals surface area contributed by atoms with Crippen molar-refractivity contribution in [1.82, 2.24) is 0 Å². The first-order valence-corrected chi connectivity index (χ1v) is 12.7. The van der Waals surface area contributed by atoms with Crippen molar-refractivity contribution in [3.05, 3.63) is 82.9 Å². The molecule has 1 aliphatic rings. The molecule has 0 atom stereocenters. The Kier molecular flexibility index (Phi) is 8.52. The molecule has 1 saturated carbocycles. The number of hydrogen-bond donors (Lipinski definition) is 0. The van der Waals surface area contributed by atoms with Gasteiger partial charge in [0.15, 0.2) is 23.1 Å². The molecule has 3 aromatic rings. The van der Waals surface area contributed by atoms with E-state index < -0.39 is 35.0 Å². The number of carbonyl (C=O) groups is 1. The Bertz CT molecular complexity index is 1250. The zero-order chi connectivity index (χ0) is 26.5. The van der Waals surface area contributed by atoms with E-state index in [-0.39, 0.29) is 29.4 Å². The minimum atomic E-state index is -1.33. The van der Waals surface area contributed by atoms with Crippen LogP contribution < -0.4 is 9.47 Å². The Hall–Kier alpha value is -3.35. The summed E-state index contributed by atoms with van der Waals surface area (Å²) in [5.74, 6) is -5.45. The van der Waals surface area contributed by atoms with Crippen molar-refractivity contribution in [2.24, 2.45) is 5.92 Å². The van der Waals surface area contributed by atoms with Crippen molar-refractivity contribution in [3.63, 3.8) is 0 Å². The summed E-state index contributed by atoms with van der Waals surface area (Å²) in [6.07, 6.45) is 5.20. The molecule has 0 aliphatic heterocycles. The van der Waals surface area contributed by atoms with Gasteiger partial charge < -0.3 is 9.47 Å². The van der Waals surface area contributed by atoms with Gasteiger partial charge in [-0.25, -0.2) is 13.6 Å².